The molecule has 3 saturated heterocycles. The van der Waals surface area contributed by atoms with Gasteiger partial charge in [0, 0.05) is 58.1 Å². The van der Waals surface area contributed by atoms with Crippen LogP contribution in [0.15, 0.2) is 43.0 Å². The number of carboxylic acids is 1. The minimum atomic E-state index is -2.05. The highest BCUT2D eigenvalue weighted by atomic mass is 16.6. The summed E-state index contributed by atoms with van der Waals surface area (Å²) < 4.78 is 12.1. The maximum atomic E-state index is 13.7. The second-order valence-corrected chi connectivity index (χ2v) is 16.7. The molecule has 4 amide bonds. The van der Waals surface area contributed by atoms with Crippen LogP contribution in [0.3, 0.4) is 0 Å². The van der Waals surface area contributed by atoms with Gasteiger partial charge in [-0.25, -0.2) is 9.59 Å². The number of hydrogen-bond acceptors (Lipinski definition) is 11. The molecule has 2 aromatic rings. The number of nitrogens with one attached hydrogen (secondary N) is 3. The Kier molecular flexibility index (Phi) is 13.6. The SMILES string of the molecule is C=C(C)c1ccc(C(C)(C)NC(=O)N2CC[C@@]3(COCCN3CC[C@]3(C(=O)O)C[C@H](O)[C@@H](NC(C)=O)[C@H]([C@H](O)[C@H](O)CNC(=O)c4cc(C)c(O)c(C)c4)O3)C2)cc1. The van der Waals surface area contributed by atoms with E-state index in [1.807, 2.05) is 45.0 Å². The fourth-order valence-corrected chi connectivity index (χ4v) is 8.32. The van der Waals surface area contributed by atoms with Crippen molar-refractivity contribution in [3.63, 3.8) is 0 Å². The molecule has 58 heavy (non-hydrogen) atoms. The number of aryl methyl sites for hydroxylation is 2. The fraction of sp³-hybridized carbons (Fsp3) is 0.571. The van der Waals surface area contributed by atoms with Crippen LogP contribution < -0.4 is 16.0 Å². The molecule has 2 aromatic carbocycles. The number of likely N-dealkylation sites (tertiary alicyclic amines) is 1. The van der Waals surface area contributed by atoms with Gasteiger partial charge in [-0.1, -0.05) is 36.4 Å². The van der Waals surface area contributed by atoms with Crippen LogP contribution in [-0.4, -0.2) is 147 Å². The number of carbonyl (C=O) groups excluding carboxylic acids is 3. The van der Waals surface area contributed by atoms with Gasteiger partial charge in [0.2, 0.25) is 5.91 Å². The zero-order chi connectivity index (χ0) is 42.7. The van der Waals surface area contributed by atoms with Gasteiger partial charge in [-0.15, -0.1) is 0 Å². The van der Waals surface area contributed by atoms with E-state index in [1.54, 1.807) is 18.7 Å². The molecule has 0 aliphatic carbocycles. The van der Waals surface area contributed by atoms with Gasteiger partial charge in [0.15, 0.2) is 5.60 Å². The number of ether oxygens (including phenoxy) is 2. The summed E-state index contributed by atoms with van der Waals surface area (Å²) in [4.78, 5) is 55.8. The predicted octanol–water partition coefficient (Wildman–Crippen LogP) is 1.78. The van der Waals surface area contributed by atoms with Crippen molar-refractivity contribution in [1.82, 2.24) is 25.8 Å². The summed E-state index contributed by atoms with van der Waals surface area (Å²) in [6, 6.07) is 9.28. The standard InChI is InChI=1S/C42H59N5O11/c1-24(2)28-8-10-30(11-9-28)40(6,7)45-39(56)46-14-12-41(22-46)23-57-17-16-47(41)15-13-42(38(54)55)20-31(49)33(44-27(5)48)36(58-42)35(52)32(50)21-43-37(53)29-18-25(3)34(51)26(4)19-29/h8-11,18-19,31-33,35-36,49-52H,1,12-17,20-23H2,2-7H3,(H,43,53)(H,44,48)(H,45,56)(H,54,55)/t31-,32+,33+,35+,36+,41-,42+/m0/s1. The number of morpholine rings is 1. The summed E-state index contributed by atoms with van der Waals surface area (Å²) >= 11 is 0. The van der Waals surface area contributed by atoms with Crippen molar-refractivity contribution in [2.45, 2.75) is 108 Å². The summed E-state index contributed by atoms with van der Waals surface area (Å²) in [5.41, 5.74) is 0.665. The van der Waals surface area contributed by atoms with E-state index in [0.29, 0.717) is 50.4 Å². The van der Waals surface area contributed by atoms with Crippen molar-refractivity contribution in [3.05, 3.63) is 70.8 Å². The molecule has 3 aliphatic rings. The van der Waals surface area contributed by atoms with Crippen molar-refractivity contribution in [3.8, 4) is 5.75 Å². The van der Waals surface area contributed by atoms with Crippen LogP contribution in [0.25, 0.3) is 5.57 Å². The first-order valence-electron chi connectivity index (χ1n) is 19.7. The lowest BCUT2D eigenvalue weighted by Gasteiger charge is -2.49. The maximum Gasteiger partial charge on any atom is 0.336 e. The molecule has 318 valence electrons. The lowest BCUT2D eigenvalue weighted by molar-refractivity contribution is -0.231. The molecular weight excluding hydrogens is 750 g/mol. The summed E-state index contributed by atoms with van der Waals surface area (Å²) in [6.07, 6.45) is -6.69. The molecule has 0 aromatic heterocycles. The number of nitrogens with zero attached hydrogens (tertiary/aromatic N) is 2. The molecule has 5 rings (SSSR count). The van der Waals surface area contributed by atoms with Crippen molar-refractivity contribution >= 4 is 29.4 Å². The second-order valence-electron chi connectivity index (χ2n) is 16.7. The minimum Gasteiger partial charge on any atom is -0.507 e. The number of aromatic hydroxyl groups is 1. The monoisotopic (exact) mass is 809 g/mol. The number of rotatable bonds is 13. The number of allylic oxidation sites excluding steroid dienone is 1. The number of hydrogen-bond donors (Lipinski definition) is 8. The Morgan fingerprint density at radius 3 is 2.29 bits per heavy atom. The number of aliphatic carboxylic acids is 1. The van der Waals surface area contributed by atoms with Crippen LogP contribution in [-0.2, 0) is 24.6 Å². The number of phenols is 1. The van der Waals surface area contributed by atoms with E-state index in [9.17, 15) is 44.7 Å². The van der Waals surface area contributed by atoms with Crippen molar-refractivity contribution < 1.29 is 54.2 Å². The number of carboxylic acid groups (broad SMARTS) is 1. The first kappa shape index (κ1) is 44.5. The van der Waals surface area contributed by atoms with Gasteiger partial charge in [-0.05, 0) is 75.4 Å². The average molecular weight is 810 g/mol. The lowest BCUT2D eigenvalue weighted by Crippen LogP contribution is -2.68. The smallest absolute Gasteiger partial charge is 0.336 e. The van der Waals surface area contributed by atoms with E-state index >= 15 is 0 Å². The third-order valence-corrected chi connectivity index (χ3v) is 11.9. The Labute approximate surface area is 339 Å². The van der Waals surface area contributed by atoms with Crippen LogP contribution in [0.5, 0.6) is 5.75 Å². The molecule has 16 nitrogen and oxygen atoms in total. The molecule has 3 aliphatic heterocycles. The van der Waals surface area contributed by atoms with E-state index in [0.717, 1.165) is 16.7 Å². The number of urea groups is 1. The van der Waals surface area contributed by atoms with Crippen LogP contribution in [0.2, 0.25) is 0 Å². The highest BCUT2D eigenvalue weighted by molar-refractivity contribution is 5.95. The first-order chi connectivity index (χ1) is 27.2. The first-order valence-corrected chi connectivity index (χ1v) is 19.7. The van der Waals surface area contributed by atoms with Gasteiger partial charge in [0.05, 0.1) is 42.5 Å². The zero-order valence-corrected chi connectivity index (χ0v) is 34.2. The molecular formula is C42H59N5O11. The second kappa shape index (κ2) is 17.7. The minimum absolute atomic E-state index is 0.0455. The normalized spacial score (nSPS) is 26.2. The fourth-order valence-electron chi connectivity index (χ4n) is 8.32. The van der Waals surface area contributed by atoms with Gasteiger partial charge in [-0.3, -0.25) is 14.5 Å². The summed E-state index contributed by atoms with van der Waals surface area (Å²) in [7, 11) is 0. The van der Waals surface area contributed by atoms with Crippen LogP contribution in [0.1, 0.15) is 79.6 Å². The van der Waals surface area contributed by atoms with E-state index in [4.69, 9.17) is 9.47 Å². The van der Waals surface area contributed by atoms with E-state index < -0.39 is 77.9 Å². The van der Waals surface area contributed by atoms with Crippen LogP contribution in [0, 0.1) is 13.8 Å². The topological polar surface area (TPSA) is 230 Å². The molecule has 0 saturated carbocycles. The molecule has 8 N–H and O–H groups in total. The molecule has 0 bridgehead atoms. The average Bonchev–Trinajstić information content (AvgIpc) is 3.59. The maximum absolute atomic E-state index is 13.7. The number of phenolic OH excluding ortho intramolecular Hbond substituents is 1. The Balaban J connectivity index is 1.28. The highest BCUT2D eigenvalue weighted by Crippen LogP contribution is 2.38. The molecule has 0 radical (unpaired) electrons. The third-order valence-electron chi connectivity index (χ3n) is 11.9. The van der Waals surface area contributed by atoms with E-state index in [-0.39, 0.29) is 30.3 Å². The lowest BCUT2D eigenvalue weighted by atomic mass is 9.81. The summed E-state index contributed by atoms with van der Waals surface area (Å²) in [5, 5.41) is 62.9. The van der Waals surface area contributed by atoms with Crippen LogP contribution in [0.4, 0.5) is 4.79 Å². The Hall–Kier alpha value is -4.58. The molecule has 16 heteroatoms. The van der Waals surface area contributed by atoms with Crippen LogP contribution >= 0.6 is 0 Å². The molecule has 3 fully saturated rings. The van der Waals surface area contributed by atoms with Gasteiger partial charge in [0.1, 0.15) is 18.0 Å². The predicted molar refractivity (Wildman–Crippen MR) is 214 cm³/mol. The zero-order valence-electron chi connectivity index (χ0n) is 34.2. The number of aliphatic hydroxyl groups is 3. The number of aliphatic hydroxyl groups excluding tert-OH is 3. The van der Waals surface area contributed by atoms with E-state index in [2.05, 4.69) is 27.4 Å². The number of carbonyl (C=O) groups is 4. The van der Waals surface area contributed by atoms with Gasteiger partial charge < -0.3 is 55.9 Å². The third kappa shape index (κ3) is 9.64. The molecule has 1 spiro atoms. The Morgan fingerprint density at radius 2 is 1.69 bits per heavy atom. The van der Waals surface area contributed by atoms with Gasteiger partial charge in [0.25, 0.3) is 5.91 Å². The molecule has 7 atom stereocenters. The molecule has 0 unspecified atom stereocenters. The number of amides is 4. The Bertz CT molecular complexity index is 1850. The highest BCUT2D eigenvalue weighted by Gasteiger charge is 2.55. The largest absolute Gasteiger partial charge is 0.507 e. The van der Waals surface area contributed by atoms with Gasteiger partial charge >= 0.3 is 12.0 Å². The molecule has 3 heterocycles. The number of benzene rings is 2. The quantitative estimate of drug-likeness (QED) is 0.145. The summed E-state index contributed by atoms with van der Waals surface area (Å²) in [5.74, 6) is -2.54. The van der Waals surface area contributed by atoms with Crippen molar-refractivity contribution in [2.24, 2.45) is 0 Å². The Morgan fingerprint density at radius 1 is 1.03 bits per heavy atom. The van der Waals surface area contributed by atoms with Gasteiger partial charge in [-0.2, -0.15) is 0 Å². The van der Waals surface area contributed by atoms with Crippen molar-refractivity contribution in [1.29, 1.82) is 0 Å². The van der Waals surface area contributed by atoms with Crippen molar-refractivity contribution in [2.75, 3.05) is 45.9 Å². The van der Waals surface area contributed by atoms with E-state index in [1.165, 1.54) is 19.1 Å². The summed E-state index contributed by atoms with van der Waals surface area (Å²) in [6.45, 7) is 15.8.